The number of carbonyl (C=O) groups excluding carboxylic acids is 1. The van der Waals surface area contributed by atoms with Crippen LogP contribution in [-0.4, -0.2) is 49.7 Å². The van der Waals surface area contributed by atoms with Crippen molar-refractivity contribution >= 4 is 15.9 Å². The Bertz CT molecular complexity index is 684. The van der Waals surface area contributed by atoms with Gasteiger partial charge in [0.15, 0.2) is 0 Å². The molecule has 0 radical (unpaired) electrons. The number of nitrogens with zero attached hydrogens (tertiary/aromatic N) is 3. The van der Waals surface area contributed by atoms with Crippen molar-refractivity contribution in [2.45, 2.75) is 30.7 Å². The summed E-state index contributed by atoms with van der Waals surface area (Å²) >= 11 is 0. The number of carbonyl (C=O) groups is 1. The molecular formula is C15H19N3O3S. The molecule has 0 unspecified atom stereocenters. The maximum absolute atomic E-state index is 12.6. The Morgan fingerprint density at radius 3 is 2.27 bits per heavy atom. The highest BCUT2D eigenvalue weighted by atomic mass is 32.2. The second-order valence-corrected chi connectivity index (χ2v) is 7.34. The van der Waals surface area contributed by atoms with Crippen LogP contribution < -0.4 is 0 Å². The lowest BCUT2D eigenvalue weighted by atomic mass is 10.1. The van der Waals surface area contributed by atoms with Crippen LogP contribution in [0.25, 0.3) is 0 Å². The average Bonchev–Trinajstić information content (AvgIpc) is 2.54. The number of rotatable bonds is 3. The molecule has 0 aromatic heterocycles. The minimum Gasteiger partial charge on any atom is -0.343 e. The minimum atomic E-state index is -3.54. The summed E-state index contributed by atoms with van der Waals surface area (Å²) in [5.41, 5.74) is 0.431. The summed E-state index contributed by atoms with van der Waals surface area (Å²) in [6.45, 7) is 2.30. The number of sulfonamides is 1. The lowest BCUT2D eigenvalue weighted by molar-refractivity contribution is -0.130. The van der Waals surface area contributed by atoms with Gasteiger partial charge in [-0.05, 0) is 37.1 Å². The number of hydrogen-bond acceptors (Lipinski definition) is 4. The van der Waals surface area contributed by atoms with Crippen molar-refractivity contribution in [3.63, 3.8) is 0 Å². The Balaban J connectivity index is 2.09. The molecule has 1 aliphatic rings. The monoisotopic (exact) mass is 321 g/mol. The van der Waals surface area contributed by atoms with E-state index in [2.05, 4.69) is 0 Å². The van der Waals surface area contributed by atoms with Crippen LogP contribution in [0.5, 0.6) is 0 Å². The first-order valence-corrected chi connectivity index (χ1v) is 8.54. The number of benzene rings is 1. The highest BCUT2D eigenvalue weighted by Gasteiger charge is 2.31. The van der Waals surface area contributed by atoms with Gasteiger partial charge in [-0.2, -0.15) is 9.57 Å². The van der Waals surface area contributed by atoms with Crippen LogP contribution in [0.3, 0.4) is 0 Å². The van der Waals surface area contributed by atoms with E-state index in [0.717, 1.165) is 0 Å². The van der Waals surface area contributed by atoms with E-state index in [1.54, 1.807) is 11.9 Å². The average molecular weight is 321 g/mol. The molecule has 1 amide bonds. The molecule has 0 aliphatic carbocycles. The molecule has 2 rings (SSSR count). The Hall–Kier alpha value is -1.91. The molecule has 0 spiro atoms. The Morgan fingerprint density at radius 1 is 1.27 bits per heavy atom. The van der Waals surface area contributed by atoms with Crippen LogP contribution in [0.2, 0.25) is 0 Å². The summed E-state index contributed by atoms with van der Waals surface area (Å²) in [4.78, 5) is 13.2. The lowest BCUT2D eigenvalue weighted by Crippen LogP contribution is -2.46. The third-order valence-electron chi connectivity index (χ3n) is 4.09. The van der Waals surface area contributed by atoms with Crippen molar-refractivity contribution in [3.8, 4) is 6.07 Å². The van der Waals surface area contributed by atoms with E-state index >= 15 is 0 Å². The summed E-state index contributed by atoms with van der Waals surface area (Å²) < 4.78 is 26.6. The van der Waals surface area contributed by atoms with E-state index in [4.69, 9.17) is 5.26 Å². The second kappa shape index (κ2) is 6.46. The van der Waals surface area contributed by atoms with Gasteiger partial charge in [0.25, 0.3) is 0 Å². The normalized spacial score (nSPS) is 17.0. The van der Waals surface area contributed by atoms with Gasteiger partial charge in [0.2, 0.25) is 15.9 Å². The van der Waals surface area contributed by atoms with E-state index in [0.29, 0.717) is 31.5 Å². The molecule has 1 saturated heterocycles. The molecule has 6 nitrogen and oxygen atoms in total. The summed E-state index contributed by atoms with van der Waals surface area (Å²) in [5.74, 6) is -0.00611. The van der Waals surface area contributed by atoms with E-state index in [1.807, 2.05) is 6.07 Å². The number of amides is 1. The van der Waals surface area contributed by atoms with Crippen LogP contribution >= 0.6 is 0 Å². The fourth-order valence-corrected chi connectivity index (χ4v) is 4.05. The molecule has 1 aliphatic heterocycles. The van der Waals surface area contributed by atoms with Crippen LogP contribution in [0.1, 0.15) is 25.3 Å². The van der Waals surface area contributed by atoms with Gasteiger partial charge in [-0.1, -0.05) is 0 Å². The van der Waals surface area contributed by atoms with Crippen molar-refractivity contribution in [2.24, 2.45) is 0 Å². The van der Waals surface area contributed by atoms with Crippen molar-refractivity contribution < 1.29 is 13.2 Å². The van der Waals surface area contributed by atoms with E-state index < -0.39 is 10.0 Å². The third kappa shape index (κ3) is 3.29. The lowest BCUT2D eigenvalue weighted by Gasteiger charge is -2.35. The molecule has 1 fully saturated rings. The molecule has 1 aromatic rings. The minimum absolute atomic E-state index is 0.00611. The highest BCUT2D eigenvalue weighted by Crippen LogP contribution is 2.23. The molecule has 0 atom stereocenters. The largest absolute Gasteiger partial charge is 0.343 e. The Kier molecular flexibility index (Phi) is 4.84. The van der Waals surface area contributed by atoms with Gasteiger partial charge >= 0.3 is 0 Å². The summed E-state index contributed by atoms with van der Waals surface area (Å²) in [6, 6.07) is 7.98. The maximum Gasteiger partial charge on any atom is 0.243 e. The van der Waals surface area contributed by atoms with Gasteiger partial charge in [0.1, 0.15) is 0 Å². The first kappa shape index (κ1) is 16.5. The van der Waals surface area contributed by atoms with Gasteiger partial charge in [-0.3, -0.25) is 4.79 Å². The first-order chi connectivity index (χ1) is 10.4. The van der Waals surface area contributed by atoms with Gasteiger partial charge < -0.3 is 4.90 Å². The van der Waals surface area contributed by atoms with Crippen LogP contribution in [0.4, 0.5) is 0 Å². The highest BCUT2D eigenvalue weighted by molar-refractivity contribution is 7.89. The predicted octanol–water partition coefficient (Wildman–Crippen LogP) is 1.19. The van der Waals surface area contributed by atoms with Crippen molar-refractivity contribution in [2.75, 3.05) is 20.1 Å². The van der Waals surface area contributed by atoms with Gasteiger partial charge in [-0.25, -0.2) is 8.42 Å². The molecule has 118 valence electrons. The predicted molar refractivity (Wildman–Crippen MR) is 81.4 cm³/mol. The zero-order valence-corrected chi connectivity index (χ0v) is 13.5. The van der Waals surface area contributed by atoms with Crippen LogP contribution in [0.15, 0.2) is 29.2 Å². The zero-order valence-electron chi connectivity index (χ0n) is 12.7. The quantitative estimate of drug-likeness (QED) is 0.837. The van der Waals surface area contributed by atoms with Crippen molar-refractivity contribution in [1.29, 1.82) is 5.26 Å². The number of piperidine rings is 1. The van der Waals surface area contributed by atoms with Gasteiger partial charge in [0.05, 0.1) is 16.5 Å². The van der Waals surface area contributed by atoms with Crippen LogP contribution in [-0.2, 0) is 14.8 Å². The van der Waals surface area contributed by atoms with Crippen LogP contribution in [0, 0.1) is 11.3 Å². The Morgan fingerprint density at radius 2 is 1.82 bits per heavy atom. The number of nitriles is 1. The molecule has 0 saturated carbocycles. The zero-order chi connectivity index (χ0) is 16.3. The fourth-order valence-electron chi connectivity index (χ4n) is 2.58. The third-order valence-corrected chi connectivity index (χ3v) is 6.00. The Labute approximate surface area is 131 Å². The SMILES string of the molecule is CC(=O)N(C)C1CCN(S(=O)(=O)c2ccc(C#N)cc2)CC1. The number of hydrogen-bond donors (Lipinski definition) is 0. The van der Waals surface area contributed by atoms with Crippen molar-refractivity contribution in [3.05, 3.63) is 29.8 Å². The van der Waals surface area contributed by atoms with Gasteiger partial charge in [-0.15, -0.1) is 0 Å². The van der Waals surface area contributed by atoms with Crippen molar-refractivity contribution in [1.82, 2.24) is 9.21 Å². The fraction of sp³-hybridized carbons (Fsp3) is 0.467. The standard InChI is InChI=1S/C15H19N3O3S/c1-12(19)17(2)14-7-9-18(10-8-14)22(20,21)15-5-3-13(11-16)4-6-15/h3-6,14H,7-10H2,1-2H3. The smallest absolute Gasteiger partial charge is 0.243 e. The maximum atomic E-state index is 12.6. The van der Waals surface area contributed by atoms with E-state index in [9.17, 15) is 13.2 Å². The van der Waals surface area contributed by atoms with E-state index in [1.165, 1.54) is 35.5 Å². The second-order valence-electron chi connectivity index (χ2n) is 5.40. The summed E-state index contributed by atoms with van der Waals surface area (Å²) in [6.07, 6.45) is 1.26. The molecular weight excluding hydrogens is 302 g/mol. The first-order valence-electron chi connectivity index (χ1n) is 7.10. The molecule has 0 bridgehead atoms. The molecule has 1 aromatic carbocycles. The van der Waals surface area contributed by atoms with E-state index in [-0.39, 0.29) is 16.8 Å². The summed E-state index contributed by atoms with van der Waals surface area (Å²) in [7, 11) is -1.79. The molecule has 7 heteroatoms. The molecule has 0 N–H and O–H groups in total. The summed E-state index contributed by atoms with van der Waals surface area (Å²) in [5, 5.41) is 8.76. The van der Waals surface area contributed by atoms with Gasteiger partial charge in [0, 0.05) is 33.1 Å². The molecule has 22 heavy (non-hydrogen) atoms. The topological polar surface area (TPSA) is 81.5 Å². The molecule has 1 heterocycles.